The summed E-state index contributed by atoms with van der Waals surface area (Å²) in [5.74, 6) is -1.98. The molecule has 0 radical (unpaired) electrons. The molecule has 62 heavy (non-hydrogen) atoms. The van der Waals surface area contributed by atoms with Crippen molar-refractivity contribution >= 4 is 45.9 Å². The molecule has 0 spiro atoms. The van der Waals surface area contributed by atoms with Crippen LogP contribution in [0.15, 0.2) is 29.8 Å². The number of benzene rings is 1. The van der Waals surface area contributed by atoms with E-state index in [1.54, 1.807) is 39.3 Å². The van der Waals surface area contributed by atoms with Gasteiger partial charge in [-0.2, -0.15) is 13.2 Å². The van der Waals surface area contributed by atoms with Crippen LogP contribution in [0.2, 0.25) is 0 Å². The SMILES string of the molecule is CO[C@@H](C)c1ncc(N2CCOCC2)cc1-c1c2c3cc(c(F)cc3n1CC(F)(F)F)-c1csc(n1)C[C@H](NC(=O)OC(C)(C)C)C(=O)N1CCC[C@H](N1)C(=O)OCC(C)(C)C2. The summed E-state index contributed by atoms with van der Waals surface area (Å²) in [6.07, 6.45) is -3.76. The molecule has 19 heteroatoms. The number of alkyl halides is 3. The number of hydrogen-bond acceptors (Lipinski definition) is 12. The van der Waals surface area contributed by atoms with Crippen molar-refractivity contribution in [2.24, 2.45) is 5.41 Å². The summed E-state index contributed by atoms with van der Waals surface area (Å²) in [5.41, 5.74) is 3.52. The van der Waals surface area contributed by atoms with Gasteiger partial charge in [0.1, 0.15) is 30.0 Å². The number of hydrazine groups is 1. The third kappa shape index (κ3) is 10.2. The first-order valence-corrected chi connectivity index (χ1v) is 21.5. The number of pyridine rings is 1. The summed E-state index contributed by atoms with van der Waals surface area (Å²) >= 11 is 1.13. The number of morpholine rings is 1. The van der Waals surface area contributed by atoms with E-state index in [0.717, 1.165) is 22.0 Å². The first-order chi connectivity index (χ1) is 29.2. The molecule has 6 heterocycles. The molecule has 2 N–H and O–H groups in total. The van der Waals surface area contributed by atoms with E-state index in [0.29, 0.717) is 72.0 Å². The Bertz CT molecular complexity index is 2320. The van der Waals surface area contributed by atoms with Crippen LogP contribution in [0.25, 0.3) is 33.4 Å². The normalized spacial score (nSPS) is 20.8. The van der Waals surface area contributed by atoms with Gasteiger partial charge in [0.15, 0.2) is 0 Å². The number of aromatic nitrogens is 3. The Kier molecular flexibility index (Phi) is 12.9. The molecular formula is C43H53F4N7O7S. The van der Waals surface area contributed by atoms with E-state index in [-0.39, 0.29) is 48.5 Å². The number of anilines is 1. The van der Waals surface area contributed by atoms with Gasteiger partial charge in [-0.3, -0.25) is 19.6 Å². The maximum Gasteiger partial charge on any atom is 0.408 e. The summed E-state index contributed by atoms with van der Waals surface area (Å²) in [6, 6.07) is 2.32. The second kappa shape index (κ2) is 17.7. The molecule has 0 aliphatic carbocycles. The Labute approximate surface area is 361 Å². The average Bonchev–Trinajstić information content (AvgIpc) is 3.78. The summed E-state index contributed by atoms with van der Waals surface area (Å²) in [4.78, 5) is 52.4. The van der Waals surface area contributed by atoms with Crippen LogP contribution in [0.5, 0.6) is 0 Å². The fourth-order valence-corrected chi connectivity index (χ4v) is 8.94. The Hall–Kier alpha value is -4.85. The molecule has 1 aromatic carbocycles. The number of rotatable bonds is 6. The lowest BCUT2D eigenvalue weighted by molar-refractivity contribution is -0.155. The van der Waals surface area contributed by atoms with Crippen molar-refractivity contribution in [1.29, 1.82) is 0 Å². The Morgan fingerprint density at radius 2 is 1.85 bits per heavy atom. The first kappa shape index (κ1) is 45.2. The van der Waals surface area contributed by atoms with Crippen LogP contribution in [0.4, 0.5) is 28.0 Å². The van der Waals surface area contributed by atoms with Gasteiger partial charge in [-0.1, -0.05) is 13.8 Å². The van der Waals surface area contributed by atoms with Gasteiger partial charge in [0.25, 0.3) is 5.91 Å². The summed E-state index contributed by atoms with van der Waals surface area (Å²) in [7, 11) is 1.49. The number of thiazole rings is 1. The second-order valence-electron chi connectivity index (χ2n) is 17.8. The molecule has 2 amide bonds. The molecule has 0 unspecified atom stereocenters. The number of hydrogen-bond donors (Lipinski definition) is 2. The molecule has 6 bridgehead atoms. The van der Waals surface area contributed by atoms with E-state index in [9.17, 15) is 27.6 Å². The van der Waals surface area contributed by atoms with Crippen molar-refractivity contribution in [3.8, 4) is 22.5 Å². The Balaban J connectivity index is 1.44. The molecule has 3 aliphatic heterocycles. The van der Waals surface area contributed by atoms with Crippen LogP contribution in [-0.2, 0) is 47.9 Å². The minimum atomic E-state index is -4.72. The van der Waals surface area contributed by atoms with Crippen molar-refractivity contribution in [3.05, 3.63) is 51.9 Å². The number of nitrogens with zero attached hydrogens (tertiary/aromatic N) is 5. The van der Waals surface area contributed by atoms with Crippen LogP contribution < -0.4 is 15.6 Å². The number of esters is 1. The predicted octanol–water partition coefficient (Wildman–Crippen LogP) is 7.13. The van der Waals surface area contributed by atoms with Crippen LogP contribution in [0.3, 0.4) is 0 Å². The highest BCUT2D eigenvalue weighted by Crippen LogP contribution is 2.44. The van der Waals surface area contributed by atoms with Crippen molar-refractivity contribution in [3.63, 3.8) is 0 Å². The van der Waals surface area contributed by atoms with Crippen LogP contribution in [-0.4, -0.2) is 108 Å². The molecule has 3 aromatic heterocycles. The molecule has 2 saturated heterocycles. The van der Waals surface area contributed by atoms with Gasteiger partial charge in [0.05, 0.1) is 65.4 Å². The molecular weight excluding hydrogens is 835 g/mol. The molecule has 2 fully saturated rings. The molecule has 336 valence electrons. The van der Waals surface area contributed by atoms with Crippen molar-refractivity contribution < 1.29 is 50.9 Å². The maximum atomic E-state index is 16.6. The lowest BCUT2D eigenvalue weighted by Gasteiger charge is -2.35. The molecule has 7 rings (SSSR count). The number of nitrogens with one attached hydrogen (secondary N) is 2. The fourth-order valence-electron chi connectivity index (χ4n) is 8.10. The third-order valence-corrected chi connectivity index (χ3v) is 11.9. The highest BCUT2D eigenvalue weighted by molar-refractivity contribution is 7.10. The monoisotopic (exact) mass is 887 g/mol. The predicted molar refractivity (Wildman–Crippen MR) is 224 cm³/mol. The number of ether oxygens (including phenoxy) is 4. The van der Waals surface area contributed by atoms with Gasteiger partial charge in [-0.25, -0.2) is 19.6 Å². The van der Waals surface area contributed by atoms with Gasteiger partial charge >= 0.3 is 18.2 Å². The zero-order valence-corrected chi connectivity index (χ0v) is 36.7. The minimum Gasteiger partial charge on any atom is -0.464 e. The fraction of sp³-hybridized carbons (Fsp3) is 0.558. The topological polar surface area (TPSA) is 149 Å². The van der Waals surface area contributed by atoms with Crippen LogP contribution in [0.1, 0.15) is 76.8 Å². The van der Waals surface area contributed by atoms with Gasteiger partial charge in [0.2, 0.25) is 0 Å². The van der Waals surface area contributed by atoms with Gasteiger partial charge < -0.3 is 33.7 Å². The Morgan fingerprint density at radius 3 is 2.55 bits per heavy atom. The highest BCUT2D eigenvalue weighted by Gasteiger charge is 2.38. The number of carbonyl (C=O) groups excluding carboxylic acids is 3. The molecule has 4 aromatic rings. The number of cyclic esters (lactones) is 1. The van der Waals surface area contributed by atoms with Gasteiger partial charge in [0, 0.05) is 60.5 Å². The number of amides is 2. The van der Waals surface area contributed by atoms with E-state index in [1.807, 2.05) is 19.9 Å². The number of carbonyl (C=O) groups is 3. The number of halogens is 4. The van der Waals surface area contributed by atoms with Crippen molar-refractivity contribution in [1.82, 2.24) is 30.3 Å². The van der Waals surface area contributed by atoms with Crippen molar-refractivity contribution in [2.45, 2.75) is 104 Å². The first-order valence-electron chi connectivity index (χ1n) is 20.7. The summed E-state index contributed by atoms with van der Waals surface area (Å²) < 4.78 is 84.9. The number of methoxy groups -OCH3 is 1. The highest BCUT2D eigenvalue weighted by atomic mass is 32.1. The maximum absolute atomic E-state index is 16.6. The third-order valence-electron chi connectivity index (χ3n) is 11.1. The van der Waals surface area contributed by atoms with Crippen molar-refractivity contribution in [2.75, 3.05) is 51.5 Å². The smallest absolute Gasteiger partial charge is 0.408 e. The van der Waals surface area contributed by atoms with E-state index in [2.05, 4.69) is 15.6 Å². The zero-order chi connectivity index (χ0) is 44.7. The average molecular weight is 888 g/mol. The number of alkyl carbamates (subject to hydrolysis) is 1. The second-order valence-corrected chi connectivity index (χ2v) is 18.7. The molecule has 3 aliphatic rings. The van der Waals surface area contributed by atoms with E-state index < -0.39 is 65.7 Å². The van der Waals surface area contributed by atoms with E-state index in [4.69, 9.17) is 28.9 Å². The Morgan fingerprint density at radius 1 is 1.11 bits per heavy atom. The van der Waals surface area contributed by atoms with Gasteiger partial charge in [-0.05, 0) is 70.7 Å². The van der Waals surface area contributed by atoms with Crippen LogP contribution in [0, 0.1) is 11.2 Å². The van der Waals surface area contributed by atoms with Crippen LogP contribution >= 0.6 is 11.3 Å². The standard InChI is InChI=1S/C43H53F4N7O7S/c1-24(58-7)36-28(15-25(20-48-36)52-11-13-59-14-12-52)37-29-19-42(5,6)23-60-39(56)31-9-8-10-54(51-31)38(55)32(50-40(57)61-41(2,3)4)18-35-49-33(21-62-35)27-16-26(29)34(17-30(27)44)53(37)22-43(45,46)47/h15-17,20-21,24,31-32,51H,8-14,18-19,22-23H2,1-7H3,(H,50,57)/t24-,31-,32-/m0/s1. The summed E-state index contributed by atoms with van der Waals surface area (Å²) in [5, 5.41) is 6.25. The molecule has 0 saturated carbocycles. The zero-order valence-electron chi connectivity index (χ0n) is 35.9. The molecule has 14 nitrogen and oxygen atoms in total. The van der Waals surface area contributed by atoms with E-state index >= 15 is 4.39 Å². The lowest BCUT2D eigenvalue weighted by Crippen LogP contribution is -2.60. The minimum absolute atomic E-state index is 0.00209. The largest absolute Gasteiger partial charge is 0.464 e. The number of fused-ring (bicyclic) bond motifs is 6. The van der Waals surface area contributed by atoms with Gasteiger partial charge in [-0.15, -0.1) is 11.3 Å². The quantitative estimate of drug-likeness (QED) is 0.151. The molecule has 3 atom stereocenters. The van der Waals surface area contributed by atoms with E-state index in [1.165, 1.54) is 18.2 Å². The summed E-state index contributed by atoms with van der Waals surface area (Å²) in [6.45, 7) is 11.1. The lowest BCUT2D eigenvalue weighted by atomic mass is 9.84.